The van der Waals surface area contributed by atoms with Gasteiger partial charge in [-0.25, -0.2) is 4.79 Å². The van der Waals surface area contributed by atoms with Gasteiger partial charge in [0.15, 0.2) is 0 Å². The molecular weight excluding hydrogens is 387 g/mol. The van der Waals surface area contributed by atoms with Gasteiger partial charge in [0.2, 0.25) is 0 Å². The molecule has 0 aliphatic heterocycles. The van der Waals surface area contributed by atoms with Crippen LogP contribution in [0.15, 0.2) is 47.4 Å². The Labute approximate surface area is 161 Å². The van der Waals surface area contributed by atoms with Crippen molar-refractivity contribution >= 4 is 58.3 Å². The van der Waals surface area contributed by atoms with Crippen molar-refractivity contribution in [1.82, 2.24) is 5.32 Å². The predicted molar refractivity (Wildman–Crippen MR) is 105 cm³/mol. The van der Waals surface area contributed by atoms with Crippen molar-refractivity contribution in [2.75, 3.05) is 17.6 Å². The molecule has 3 nitrogen and oxygen atoms in total. The number of amides is 2. The minimum absolute atomic E-state index is 0.267. The van der Waals surface area contributed by atoms with E-state index in [-0.39, 0.29) is 6.03 Å². The average Bonchev–Trinajstić information content (AvgIpc) is 2.56. The summed E-state index contributed by atoms with van der Waals surface area (Å²) in [6.07, 6.45) is 0. The Morgan fingerprint density at radius 3 is 2.46 bits per heavy atom. The van der Waals surface area contributed by atoms with Crippen LogP contribution in [0.25, 0.3) is 0 Å². The van der Waals surface area contributed by atoms with E-state index in [1.807, 2.05) is 24.3 Å². The number of carbonyl (C=O) groups is 1. The molecule has 0 aliphatic carbocycles. The zero-order valence-electron chi connectivity index (χ0n) is 13.0. The van der Waals surface area contributed by atoms with Crippen molar-refractivity contribution in [2.24, 2.45) is 5.92 Å². The van der Waals surface area contributed by atoms with E-state index < -0.39 is 0 Å². The van der Waals surface area contributed by atoms with Crippen molar-refractivity contribution in [3.8, 4) is 0 Å². The summed E-state index contributed by atoms with van der Waals surface area (Å²) in [7, 11) is 0. The van der Waals surface area contributed by atoms with Crippen LogP contribution in [0.4, 0.5) is 10.5 Å². The van der Waals surface area contributed by atoms with E-state index in [1.165, 1.54) is 0 Å². The number of thioether (sulfide) groups is 1. The molecule has 0 bridgehead atoms. The van der Waals surface area contributed by atoms with Crippen LogP contribution in [-0.2, 0) is 0 Å². The molecule has 2 N–H and O–H groups in total. The Bertz CT molecular complexity index is 695. The van der Waals surface area contributed by atoms with Gasteiger partial charge in [0.05, 0.1) is 10.0 Å². The van der Waals surface area contributed by atoms with Crippen molar-refractivity contribution in [2.45, 2.75) is 11.8 Å². The highest BCUT2D eigenvalue weighted by Gasteiger charge is 2.08. The van der Waals surface area contributed by atoms with Gasteiger partial charge in [-0.2, -0.15) is 0 Å². The van der Waals surface area contributed by atoms with Crippen molar-refractivity contribution in [3.63, 3.8) is 0 Å². The predicted octanol–water partition coefficient (Wildman–Crippen LogP) is 6.20. The summed E-state index contributed by atoms with van der Waals surface area (Å²) in [4.78, 5) is 13.1. The van der Waals surface area contributed by atoms with E-state index >= 15 is 0 Å². The molecule has 128 valence electrons. The lowest BCUT2D eigenvalue weighted by molar-refractivity contribution is 0.251. The van der Waals surface area contributed by atoms with E-state index in [0.29, 0.717) is 28.2 Å². The molecule has 2 aromatic carbocycles. The lowest BCUT2D eigenvalue weighted by Crippen LogP contribution is -2.32. The first kappa shape index (κ1) is 19.3. The van der Waals surface area contributed by atoms with Crippen LogP contribution in [0, 0.1) is 5.92 Å². The third-order valence-corrected chi connectivity index (χ3v) is 5.47. The summed E-state index contributed by atoms with van der Waals surface area (Å²) >= 11 is 19.4. The van der Waals surface area contributed by atoms with Gasteiger partial charge < -0.3 is 10.6 Å². The maximum atomic E-state index is 11.9. The van der Waals surface area contributed by atoms with Crippen LogP contribution < -0.4 is 10.6 Å². The molecule has 24 heavy (non-hydrogen) atoms. The van der Waals surface area contributed by atoms with Crippen LogP contribution in [0.3, 0.4) is 0 Å². The average molecular weight is 404 g/mol. The molecular formula is C17H17Cl3N2OS. The molecule has 0 saturated heterocycles. The number of hydrogen-bond acceptors (Lipinski definition) is 2. The Hall–Kier alpha value is -1.07. The highest BCUT2D eigenvalue weighted by atomic mass is 35.5. The van der Waals surface area contributed by atoms with Crippen LogP contribution in [0.1, 0.15) is 6.92 Å². The Morgan fingerprint density at radius 2 is 1.79 bits per heavy atom. The molecule has 0 aromatic heterocycles. The second kappa shape index (κ2) is 9.42. The van der Waals surface area contributed by atoms with Crippen molar-refractivity contribution < 1.29 is 4.79 Å². The summed E-state index contributed by atoms with van der Waals surface area (Å²) < 4.78 is 0. The Kier molecular flexibility index (Phi) is 7.56. The first-order valence-electron chi connectivity index (χ1n) is 7.32. The number of carbonyl (C=O) groups excluding carboxylic acids is 1. The highest BCUT2D eigenvalue weighted by Crippen LogP contribution is 2.25. The van der Waals surface area contributed by atoms with E-state index in [2.05, 4.69) is 17.6 Å². The fourth-order valence-corrected chi connectivity index (χ4v) is 3.19. The summed E-state index contributed by atoms with van der Waals surface area (Å²) in [5.41, 5.74) is 0.602. The third kappa shape index (κ3) is 6.44. The van der Waals surface area contributed by atoms with E-state index in [0.717, 1.165) is 15.7 Å². The SMILES string of the molecule is CC(CNC(=O)Nc1ccc(Cl)c(Cl)c1)CSc1ccc(Cl)cc1. The van der Waals surface area contributed by atoms with Gasteiger partial charge in [0.25, 0.3) is 0 Å². The Morgan fingerprint density at radius 1 is 1.08 bits per heavy atom. The maximum Gasteiger partial charge on any atom is 0.319 e. The number of nitrogens with one attached hydrogen (secondary N) is 2. The quantitative estimate of drug-likeness (QED) is 0.564. The Balaban J connectivity index is 1.72. The molecule has 0 heterocycles. The minimum Gasteiger partial charge on any atom is -0.338 e. The monoisotopic (exact) mass is 402 g/mol. The summed E-state index contributed by atoms with van der Waals surface area (Å²) in [5, 5.41) is 7.17. The zero-order valence-corrected chi connectivity index (χ0v) is 16.1. The molecule has 0 saturated carbocycles. The van der Waals surface area contributed by atoms with Gasteiger partial charge in [-0.3, -0.25) is 0 Å². The number of rotatable bonds is 6. The number of hydrogen-bond donors (Lipinski definition) is 2. The molecule has 1 unspecified atom stereocenters. The number of halogens is 3. The molecule has 0 fully saturated rings. The summed E-state index contributed by atoms with van der Waals surface area (Å²) in [5.74, 6) is 1.22. The van der Waals surface area contributed by atoms with Crippen molar-refractivity contribution in [3.05, 3.63) is 57.5 Å². The van der Waals surface area contributed by atoms with Crippen LogP contribution in [0.2, 0.25) is 15.1 Å². The highest BCUT2D eigenvalue weighted by molar-refractivity contribution is 7.99. The molecule has 0 spiro atoms. The molecule has 2 rings (SSSR count). The maximum absolute atomic E-state index is 11.9. The van der Waals surface area contributed by atoms with Gasteiger partial charge in [-0.1, -0.05) is 41.7 Å². The smallest absolute Gasteiger partial charge is 0.319 e. The van der Waals surface area contributed by atoms with Crippen LogP contribution in [0.5, 0.6) is 0 Å². The van der Waals surface area contributed by atoms with E-state index in [1.54, 1.807) is 30.0 Å². The first-order valence-corrected chi connectivity index (χ1v) is 9.44. The number of anilines is 1. The van der Waals surface area contributed by atoms with E-state index in [9.17, 15) is 4.79 Å². The molecule has 7 heteroatoms. The molecule has 0 aliphatic rings. The first-order chi connectivity index (χ1) is 11.4. The fraction of sp³-hybridized carbons (Fsp3) is 0.235. The second-order valence-corrected chi connectivity index (χ2v) is 7.68. The van der Waals surface area contributed by atoms with Crippen molar-refractivity contribution in [1.29, 1.82) is 0 Å². The van der Waals surface area contributed by atoms with Gasteiger partial charge in [-0.05, 0) is 48.4 Å². The van der Waals surface area contributed by atoms with Gasteiger partial charge in [0.1, 0.15) is 0 Å². The largest absolute Gasteiger partial charge is 0.338 e. The lowest BCUT2D eigenvalue weighted by atomic mass is 10.2. The van der Waals surface area contributed by atoms with Gasteiger partial charge >= 0.3 is 6.03 Å². The van der Waals surface area contributed by atoms with Crippen LogP contribution in [-0.4, -0.2) is 18.3 Å². The van der Waals surface area contributed by atoms with Gasteiger partial charge in [0, 0.05) is 27.9 Å². The lowest BCUT2D eigenvalue weighted by Gasteiger charge is -2.13. The number of benzene rings is 2. The van der Waals surface area contributed by atoms with Crippen LogP contribution >= 0.6 is 46.6 Å². The molecule has 2 aromatic rings. The third-order valence-electron chi connectivity index (χ3n) is 3.14. The molecule has 1 atom stereocenters. The molecule has 0 radical (unpaired) electrons. The number of urea groups is 1. The van der Waals surface area contributed by atoms with Gasteiger partial charge in [-0.15, -0.1) is 11.8 Å². The molecule has 2 amide bonds. The topological polar surface area (TPSA) is 41.1 Å². The second-order valence-electron chi connectivity index (χ2n) is 5.33. The van der Waals surface area contributed by atoms with E-state index in [4.69, 9.17) is 34.8 Å². The minimum atomic E-state index is -0.267. The zero-order chi connectivity index (χ0) is 17.5. The summed E-state index contributed by atoms with van der Waals surface area (Å²) in [6.45, 7) is 2.66. The summed E-state index contributed by atoms with van der Waals surface area (Å²) in [6, 6.07) is 12.4. The standard InChI is InChI=1S/C17H17Cl3N2OS/c1-11(10-24-14-5-2-12(18)3-6-14)9-21-17(23)22-13-4-7-15(19)16(20)8-13/h2-8,11H,9-10H2,1H3,(H2,21,22,23). The fourth-order valence-electron chi connectivity index (χ4n) is 1.84. The normalized spacial score (nSPS) is 11.8.